The van der Waals surface area contributed by atoms with Gasteiger partial charge in [0.1, 0.15) is 34.3 Å². The zero-order chi connectivity index (χ0) is 30.8. The first kappa shape index (κ1) is 32.0. The molecule has 0 radical (unpaired) electrons. The maximum absolute atomic E-state index is 15.2. The lowest BCUT2D eigenvalue weighted by molar-refractivity contribution is -0.384. The van der Waals surface area contributed by atoms with Gasteiger partial charge < -0.3 is 19.3 Å². The van der Waals surface area contributed by atoms with Crippen LogP contribution in [0.5, 0.6) is 5.75 Å². The first-order valence-corrected chi connectivity index (χ1v) is 16.2. The summed E-state index contributed by atoms with van der Waals surface area (Å²) in [6, 6.07) is 2.81. The fourth-order valence-electron chi connectivity index (χ4n) is 4.12. The number of rotatable bonds is 11. The Balaban J connectivity index is 2.04. The number of nitrogens with one attached hydrogen (secondary N) is 1. The Kier molecular flexibility index (Phi) is 9.51. The Morgan fingerprint density at radius 3 is 2.34 bits per heavy atom. The van der Waals surface area contributed by atoms with Crippen molar-refractivity contribution in [1.29, 1.82) is 0 Å². The molecule has 0 aliphatic carbocycles. The van der Waals surface area contributed by atoms with Gasteiger partial charge in [-0.2, -0.15) is 0 Å². The minimum Gasteiger partial charge on any atom is -0.496 e. The summed E-state index contributed by atoms with van der Waals surface area (Å²) in [5.41, 5.74) is -0.695. The number of pyridine rings is 1. The Morgan fingerprint density at radius 1 is 1.17 bits per heavy atom. The van der Waals surface area contributed by atoms with Crippen LogP contribution in [0, 0.1) is 15.9 Å². The van der Waals surface area contributed by atoms with Crippen molar-refractivity contribution in [3.63, 3.8) is 0 Å². The highest BCUT2D eigenvalue weighted by molar-refractivity contribution is 6.74. The molecule has 1 N–H and O–H groups in total. The van der Waals surface area contributed by atoms with Gasteiger partial charge >= 0.3 is 0 Å². The average molecular weight is 604 g/mol. The van der Waals surface area contributed by atoms with Crippen molar-refractivity contribution < 1.29 is 23.3 Å². The van der Waals surface area contributed by atoms with E-state index in [1.807, 2.05) is 13.8 Å². The van der Waals surface area contributed by atoms with Crippen LogP contribution in [0.4, 0.5) is 15.8 Å². The van der Waals surface area contributed by atoms with Gasteiger partial charge in [-0.25, -0.2) is 19.3 Å². The largest absolute Gasteiger partial charge is 0.496 e. The van der Waals surface area contributed by atoms with Crippen LogP contribution in [0.2, 0.25) is 23.3 Å². The molecule has 1 atom stereocenters. The highest BCUT2D eigenvalue weighted by atomic mass is 35.5. The zero-order valence-corrected chi connectivity index (χ0v) is 26.2. The van der Waals surface area contributed by atoms with Crippen LogP contribution in [0.3, 0.4) is 0 Å². The lowest BCUT2D eigenvalue weighted by atomic mass is 10.0. The topological polar surface area (TPSA) is 129 Å². The number of nitrogens with zero attached hydrogens (tertiary/aromatic N) is 4. The van der Waals surface area contributed by atoms with Gasteiger partial charge in [0.2, 0.25) is 0 Å². The minimum atomic E-state index is -2.16. The molecule has 0 aliphatic heterocycles. The summed E-state index contributed by atoms with van der Waals surface area (Å²) in [5.74, 6) is -0.0729. The highest BCUT2D eigenvalue weighted by Gasteiger charge is 2.43. The maximum atomic E-state index is 15.2. The molecular formula is C28H35ClFN5O5Si. The zero-order valence-electron chi connectivity index (χ0n) is 24.4. The van der Waals surface area contributed by atoms with E-state index < -0.39 is 36.4 Å². The summed E-state index contributed by atoms with van der Waals surface area (Å²) in [6.07, 6.45) is 4.86. The van der Waals surface area contributed by atoms with Crippen LogP contribution >= 0.6 is 11.6 Å². The Hall–Kier alpha value is -3.48. The van der Waals surface area contributed by atoms with Gasteiger partial charge in [0.05, 0.1) is 29.7 Å². The van der Waals surface area contributed by atoms with E-state index in [1.165, 1.54) is 31.8 Å². The van der Waals surface area contributed by atoms with Gasteiger partial charge in [-0.1, -0.05) is 32.4 Å². The molecule has 3 rings (SSSR count). The number of nitro groups is 1. The van der Waals surface area contributed by atoms with Gasteiger partial charge in [-0.15, -0.1) is 0 Å². The first-order valence-electron chi connectivity index (χ1n) is 12.9. The molecule has 0 bridgehead atoms. The van der Waals surface area contributed by atoms with E-state index in [2.05, 4.69) is 54.1 Å². The number of anilines is 1. The highest BCUT2D eigenvalue weighted by Crippen LogP contribution is 2.42. The summed E-state index contributed by atoms with van der Waals surface area (Å²) in [7, 11) is -0.731. The third-order valence-electron chi connectivity index (χ3n) is 7.23. The van der Waals surface area contributed by atoms with Crippen molar-refractivity contribution in [3.8, 4) is 16.9 Å². The fourth-order valence-corrected chi connectivity index (χ4v) is 6.08. The van der Waals surface area contributed by atoms with Gasteiger partial charge in [-0.3, -0.25) is 10.1 Å². The predicted molar refractivity (Wildman–Crippen MR) is 158 cm³/mol. The van der Waals surface area contributed by atoms with E-state index in [4.69, 9.17) is 20.8 Å². The molecule has 41 heavy (non-hydrogen) atoms. The minimum absolute atomic E-state index is 0.0265. The van der Waals surface area contributed by atoms with Crippen molar-refractivity contribution in [2.75, 3.05) is 12.4 Å². The number of carbonyl (C=O) groups is 1. The molecule has 0 unspecified atom stereocenters. The lowest BCUT2D eigenvalue weighted by Gasteiger charge is -2.42. The number of hydrogen-bond donors (Lipinski definition) is 1. The molecule has 1 aromatic carbocycles. The van der Waals surface area contributed by atoms with Gasteiger partial charge in [0.15, 0.2) is 14.1 Å². The molecule has 0 amide bonds. The van der Waals surface area contributed by atoms with Crippen LogP contribution in [0.1, 0.15) is 58.5 Å². The SMILES string of the molecule is COc1ccnc(Cl)c1[C@@H](CC=O)Nc1cc(-c2cnc(C(C)(C)O[Si](C)(C)C(C)(C)C)nc2)c(F)cc1[N+](=O)[O-]. The number of halogens is 2. The monoisotopic (exact) mass is 603 g/mol. The van der Waals surface area contributed by atoms with Crippen molar-refractivity contribution in [2.45, 2.75) is 70.8 Å². The van der Waals surface area contributed by atoms with Crippen LogP contribution < -0.4 is 10.1 Å². The van der Waals surface area contributed by atoms with Crippen LogP contribution in [-0.4, -0.2) is 41.6 Å². The number of nitro benzene ring substituents is 1. The lowest BCUT2D eigenvalue weighted by Crippen LogP contribution is -2.46. The molecule has 2 aromatic heterocycles. The fraction of sp³-hybridized carbons (Fsp3) is 0.429. The Morgan fingerprint density at radius 2 is 1.80 bits per heavy atom. The number of aromatic nitrogens is 3. The second-order valence-corrected chi connectivity index (χ2v) is 16.7. The molecule has 10 nitrogen and oxygen atoms in total. The number of methoxy groups -OCH3 is 1. The van der Waals surface area contributed by atoms with Crippen molar-refractivity contribution in [1.82, 2.24) is 15.0 Å². The summed E-state index contributed by atoms with van der Waals surface area (Å²) in [4.78, 5) is 35.7. The Labute approximate surface area is 245 Å². The van der Waals surface area contributed by atoms with Crippen molar-refractivity contribution in [2.24, 2.45) is 0 Å². The Bertz CT molecular complexity index is 1430. The summed E-state index contributed by atoms with van der Waals surface area (Å²) in [6.45, 7) is 14.5. The van der Waals surface area contributed by atoms with Crippen molar-refractivity contribution >= 4 is 37.6 Å². The van der Waals surface area contributed by atoms with Crippen molar-refractivity contribution in [3.05, 3.63) is 69.3 Å². The molecule has 0 spiro atoms. The van der Waals surface area contributed by atoms with E-state index in [9.17, 15) is 14.9 Å². The molecule has 0 aliphatic rings. The van der Waals surface area contributed by atoms with E-state index in [0.717, 1.165) is 6.07 Å². The maximum Gasteiger partial charge on any atom is 0.295 e. The molecule has 220 valence electrons. The molecule has 3 aromatic rings. The number of aldehydes is 1. The number of hydrogen-bond acceptors (Lipinski definition) is 9. The third kappa shape index (κ3) is 7.06. The summed E-state index contributed by atoms with van der Waals surface area (Å²) >= 11 is 6.31. The quantitative estimate of drug-likeness (QED) is 0.0791. The summed E-state index contributed by atoms with van der Waals surface area (Å²) < 4.78 is 27.2. The second-order valence-electron chi connectivity index (χ2n) is 11.6. The average Bonchev–Trinajstić information content (AvgIpc) is 2.87. The van der Waals surface area contributed by atoms with Gasteiger partial charge in [0, 0.05) is 36.1 Å². The van der Waals surface area contributed by atoms with Crippen LogP contribution in [0.25, 0.3) is 11.1 Å². The van der Waals surface area contributed by atoms with E-state index in [-0.39, 0.29) is 27.9 Å². The number of benzene rings is 1. The normalized spacial score (nSPS) is 13.0. The van der Waals surface area contributed by atoms with E-state index >= 15 is 4.39 Å². The number of carbonyl (C=O) groups excluding carboxylic acids is 1. The standard InChI is InChI=1S/C28H35ClFN5O5Si/c1-27(2,3)41(7,8)40-28(4,5)26-32-15-17(16-33-26)18-13-21(22(35(37)38)14-19(18)30)34-20(10-12-36)24-23(39-6)9-11-31-25(24)29/h9,11-16,20,34H,10H2,1-8H3/t20-/m1/s1. The molecule has 2 heterocycles. The predicted octanol–water partition coefficient (Wildman–Crippen LogP) is 7.25. The second kappa shape index (κ2) is 12.2. The molecule has 0 saturated heterocycles. The number of ether oxygens (including phenoxy) is 1. The molecule has 0 saturated carbocycles. The van der Waals surface area contributed by atoms with E-state index in [1.54, 1.807) is 6.07 Å². The summed E-state index contributed by atoms with van der Waals surface area (Å²) in [5, 5.41) is 14.9. The smallest absolute Gasteiger partial charge is 0.295 e. The molecule has 0 fully saturated rings. The van der Waals surface area contributed by atoms with Gasteiger partial charge in [-0.05, 0) is 44.1 Å². The van der Waals surface area contributed by atoms with E-state index in [0.29, 0.717) is 29.0 Å². The molecule has 13 heteroatoms. The third-order valence-corrected chi connectivity index (χ3v) is 12.2. The van der Waals surface area contributed by atoms with Crippen LogP contribution in [-0.2, 0) is 14.8 Å². The van der Waals surface area contributed by atoms with Gasteiger partial charge in [0.25, 0.3) is 5.69 Å². The molecular weight excluding hydrogens is 569 g/mol. The first-order chi connectivity index (χ1) is 19.0. The van der Waals surface area contributed by atoms with Crippen LogP contribution in [0.15, 0.2) is 36.8 Å².